The zero-order valence-electron chi connectivity index (χ0n) is 9.14. The van der Waals surface area contributed by atoms with Crippen LogP contribution in [0.25, 0.3) is 22.6 Å². The van der Waals surface area contributed by atoms with Gasteiger partial charge in [-0.25, -0.2) is 4.98 Å². The van der Waals surface area contributed by atoms with E-state index in [-0.39, 0.29) is 0 Å². The molecule has 0 atom stereocenters. The van der Waals surface area contributed by atoms with Crippen molar-refractivity contribution >= 4 is 22.7 Å². The van der Waals surface area contributed by atoms with Crippen LogP contribution in [0.2, 0.25) is 5.02 Å². The van der Waals surface area contributed by atoms with Crippen molar-refractivity contribution in [3.05, 3.63) is 47.2 Å². The highest BCUT2D eigenvalue weighted by Gasteiger charge is 2.11. The monoisotopic (exact) mass is 244 g/mol. The lowest BCUT2D eigenvalue weighted by atomic mass is 10.2. The van der Waals surface area contributed by atoms with E-state index in [0.717, 1.165) is 22.2 Å². The molecule has 0 amide bonds. The summed E-state index contributed by atoms with van der Waals surface area (Å²) >= 11 is 6.06. The number of benzene rings is 1. The van der Waals surface area contributed by atoms with Crippen molar-refractivity contribution in [2.45, 2.75) is 6.92 Å². The number of halogens is 1. The zero-order valence-corrected chi connectivity index (χ0v) is 9.90. The van der Waals surface area contributed by atoms with Crippen molar-refractivity contribution < 1.29 is 4.42 Å². The Labute approximate surface area is 103 Å². The van der Waals surface area contributed by atoms with Gasteiger partial charge in [0.15, 0.2) is 5.58 Å². The summed E-state index contributed by atoms with van der Waals surface area (Å²) in [5.41, 5.74) is 3.51. The summed E-state index contributed by atoms with van der Waals surface area (Å²) in [7, 11) is 0. The molecule has 0 radical (unpaired) electrons. The largest absolute Gasteiger partial charge is 0.436 e. The van der Waals surface area contributed by atoms with Gasteiger partial charge >= 0.3 is 0 Å². The minimum atomic E-state index is 0.526. The smallest absolute Gasteiger partial charge is 0.228 e. The highest BCUT2D eigenvalue weighted by atomic mass is 35.5. The van der Waals surface area contributed by atoms with Crippen LogP contribution in [0.3, 0.4) is 0 Å². The number of hydrogen-bond donors (Lipinski definition) is 0. The van der Waals surface area contributed by atoms with Gasteiger partial charge in [-0.15, -0.1) is 0 Å². The molecule has 2 heterocycles. The number of nitrogens with zero attached hydrogens (tertiary/aromatic N) is 2. The van der Waals surface area contributed by atoms with Crippen LogP contribution >= 0.6 is 11.6 Å². The second-order valence-corrected chi connectivity index (χ2v) is 4.25. The summed E-state index contributed by atoms with van der Waals surface area (Å²) in [6.45, 7) is 2.02. The van der Waals surface area contributed by atoms with Gasteiger partial charge in [-0.1, -0.05) is 17.7 Å². The second kappa shape index (κ2) is 3.86. The van der Waals surface area contributed by atoms with E-state index < -0.39 is 0 Å². The molecule has 3 rings (SSSR count). The predicted octanol–water partition coefficient (Wildman–Crippen LogP) is 3.85. The van der Waals surface area contributed by atoms with E-state index in [0.29, 0.717) is 10.9 Å². The first-order valence-corrected chi connectivity index (χ1v) is 5.59. The molecule has 84 valence electrons. The molecule has 1 aromatic carbocycles. The quantitative estimate of drug-likeness (QED) is 0.653. The van der Waals surface area contributed by atoms with E-state index in [1.165, 1.54) is 0 Å². The lowest BCUT2D eigenvalue weighted by Gasteiger charge is -1.96. The average Bonchev–Trinajstić information content (AvgIpc) is 2.72. The lowest BCUT2D eigenvalue weighted by Crippen LogP contribution is -1.80. The van der Waals surface area contributed by atoms with Crippen LogP contribution in [0.15, 0.2) is 41.1 Å². The molecule has 0 aliphatic rings. The molecular formula is C13H9ClN2O. The molecule has 0 unspecified atom stereocenters. The topological polar surface area (TPSA) is 38.9 Å². The minimum Gasteiger partial charge on any atom is -0.436 e. The van der Waals surface area contributed by atoms with Crippen molar-refractivity contribution in [1.82, 2.24) is 9.97 Å². The Kier molecular flexibility index (Phi) is 2.34. The molecule has 2 aromatic heterocycles. The number of oxazole rings is 1. The third kappa shape index (κ3) is 1.78. The van der Waals surface area contributed by atoms with Crippen LogP contribution in [-0.2, 0) is 0 Å². The van der Waals surface area contributed by atoms with Gasteiger partial charge in [-0.3, -0.25) is 4.98 Å². The molecule has 0 aliphatic carbocycles. The summed E-state index contributed by atoms with van der Waals surface area (Å²) in [6.07, 6.45) is 3.25. The summed E-state index contributed by atoms with van der Waals surface area (Å²) < 4.78 is 5.67. The second-order valence-electron chi connectivity index (χ2n) is 3.85. The van der Waals surface area contributed by atoms with Gasteiger partial charge in [-0.2, -0.15) is 0 Å². The standard InChI is InChI=1S/C13H9ClN2O/c1-8-2-3-12-11(6-8)16-13(17-12)9-4-5-15-7-10(9)14/h2-7H,1H3. The zero-order chi connectivity index (χ0) is 11.8. The van der Waals surface area contributed by atoms with Crippen LogP contribution in [0.1, 0.15) is 5.56 Å². The maximum absolute atomic E-state index is 6.06. The summed E-state index contributed by atoms with van der Waals surface area (Å²) in [5, 5.41) is 0.538. The average molecular weight is 245 g/mol. The molecule has 0 fully saturated rings. The van der Waals surface area contributed by atoms with Crippen molar-refractivity contribution in [2.75, 3.05) is 0 Å². The maximum Gasteiger partial charge on any atom is 0.228 e. The Balaban J connectivity index is 2.22. The molecular weight excluding hydrogens is 236 g/mol. The lowest BCUT2D eigenvalue weighted by molar-refractivity contribution is 0.619. The van der Waals surface area contributed by atoms with E-state index in [1.807, 2.05) is 25.1 Å². The normalized spacial score (nSPS) is 10.9. The summed E-state index contributed by atoms with van der Waals surface area (Å²) in [6, 6.07) is 7.68. The maximum atomic E-state index is 6.06. The van der Waals surface area contributed by atoms with E-state index >= 15 is 0 Å². The van der Waals surface area contributed by atoms with E-state index in [1.54, 1.807) is 18.5 Å². The van der Waals surface area contributed by atoms with Crippen LogP contribution in [0, 0.1) is 6.92 Å². The molecule has 3 aromatic rings. The first-order valence-electron chi connectivity index (χ1n) is 5.21. The van der Waals surface area contributed by atoms with Crippen molar-refractivity contribution in [3.63, 3.8) is 0 Å². The van der Waals surface area contributed by atoms with Crippen LogP contribution in [0.5, 0.6) is 0 Å². The van der Waals surface area contributed by atoms with Crippen LogP contribution < -0.4 is 0 Å². The van der Waals surface area contributed by atoms with Crippen LogP contribution in [-0.4, -0.2) is 9.97 Å². The fraction of sp³-hybridized carbons (Fsp3) is 0.0769. The van der Waals surface area contributed by atoms with E-state index in [2.05, 4.69) is 9.97 Å². The molecule has 0 saturated heterocycles. The van der Waals surface area contributed by atoms with Crippen molar-refractivity contribution in [2.24, 2.45) is 0 Å². The summed E-state index contributed by atoms with van der Waals surface area (Å²) in [5.74, 6) is 0.526. The number of hydrogen-bond acceptors (Lipinski definition) is 3. The van der Waals surface area contributed by atoms with Gasteiger partial charge in [0.1, 0.15) is 5.52 Å². The number of pyridine rings is 1. The molecule has 4 heteroatoms. The number of rotatable bonds is 1. The number of fused-ring (bicyclic) bond motifs is 1. The highest BCUT2D eigenvalue weighted by Crippen LogP contribution is 2.29. The molecule has 0 saturated carbocycles. The van der Waals surface area contributed by atoms with E-state index in [4.69, 9.17) is 16.0 Å². The molecule has 0 spiro atoms. The number of aromatic nitrogens is 2. The Hall–Kier alpha value is -1.87. The van der Waals surface area contributed by atoms with Gasteiger partial charge in [0.25, 0.3) is 0 Å². The SMILES string of the molecule is Cc1ccc2oc(-c3ccncc3Cl)nc2c1. The van der Waals surface area contributed by atoms with Crippen LogP contribution in [0.4, 0.5) is 0 Å². The van der Waals surface area contributed by atoms with Gasteiger partial charge in [0, 0.05) is 12.4 Å². The van der Waals surface area contributed by atoms with Crippen molar-refractivity contribution in [1.29, 1.82) is 0 Å². The van der Waals surface area contributed by atoms with Gasteiger partial charge < -0.3 is 4.42 Å². The first kappa shape index (κ1) is 10.3. The van der Waals surface area contributed by atoms with Gasteiger partial charge in [-0.05, 0) is 30.7 Å². The van der Waals surface area contributed by atoms with Gasteiger partial charge in [0.05, 0.1) is 10.6 Å². The molecule has 0 aliphatic heterocycles. The Morgan fingerprint density at radius 2 is 2.12 bits per heavy atom. The Morgan fingerprint density at radius 1 is 1.24 bits per heavy atom. The number of aryl methyl sites for hydroxylation is 1. The molecule has 0 N–H and O–H groups in total. The molecule has 0 bridgehead atoms. The summed E-state index contributed by atoms with van der Waals surface area (Å²) in [4.78, 5) is 8.36. The van der Waals surface area contributed by atoms with E-state index in [9.17, 15) is 0 Å². The third-order valence-corrected chi connectivity index (χ3v) is 2.85. The Morgan fingerprint density at radius 3 is 2.94 bits per heavy atom. The third-order valence-electron chi connectivity index (χ3n) is 2.55. The van der Waals surface area contributed by atoms with Gasteiger partial charge in [0.2, 0.25) is 5.89 Å². The highest BCUT2D eigenvalue weighted by molar-refractivity contribution is 6.33. The predicted molar refractivity (Wildman–Crippen MR) is 67.0 cm³/mol. The fourth-order valence-electron chi connectivity index (χ4n) is 1.70. The minimum absolute atomic E-state index is 0.526. The first-order chi connectivity index (χ1) is 8.24. The fourth-order valence-corrected chi connectivity index (χ4v) is 1.90. The molecule has 3 nitrogen and oxygen atoms in total. The molecule has 17 heavy (non-hydrogen) atoms. The van der Waals surface area contributed by atoms with Crippen molar-refractivity contribution in [3.8, 4) is 11.5 Å². The Bertz CT molecular complexity index is 691.